The SMILES string of the molecule is COc1cccc(Cl)c1C(=O)NCC1NCCc2ccccc21.Cl. The van der Waals surface area contributed by atoms with Crippen LogP contribution in [-0.4, -0.2) is 26.1 Å². The van der Waals surface area contributed by atoms with Crippen molar-refractivity contribution in [3.8, 4) is 5.75 Å². The molecule has 0 spiro atoms. The van der Waals surface area contributed by atoms with E-state index in [2.05, 4.69) is 28.8 Å². The Bertz CT molecular complexity index is 722. The van der Waals surface area contributed by atoms with E-state index in [1.54, 1.807) is 18.2 Å². The zero-order chi connectivity index (χ0) is 16.2. The molecular formula is C18H20Cl2N2O2. The van der Waals surface area contributed by atoms with Gasteiger partial charge in [-0.3, -0.25) is 4.79 Å². The molecule has 1 aliphatic heterocycles. The van der Waals surface area contributed by atoms with Crippen LogP contribution in [0, 0.1) is 0 Å². The molecule has 24 heavy (non-hydrogen) atoms. The van der Waals surface area contributed by atoms with Gasteiger partial charge in [-0.2, -0.15) is 0 Å². The Morgan fingerprint density at radius 1 is 1.29 bits per heavy atom. The highest BCUT2D eigenvalue weighted by atomic mass is 35.5. The Labute approximate surface area is 153 Å². The summed E-state index contributed by atoms with van der Waals surface area (Å²) in [5.41, 5.74) is 2.95. The molecule has 1 unspecified atom stereocenters. The maximum atomic E-state index is 12.5. The number of methoxy groups -OCH3 is 1. The number of carbonyl (C=O) groups is 1. The van der Waals surface area contributed by atoms with Crippen LogP contribution in [0.15, 0.2) is 42.5 Å². The fourth-order valence-electron chi connectivity index (χ4n) is 2.95. The van der Waals surface area contributed by atoms with E-state index in [9.17, 15) is 4.79 Å². The van der Waals surface area contributed by atoms with Crippen molar-refractivity contribution in [3.63, 3.8) is 0 Å². The van der Waals surface area contributed by atoms with Crippen molar-refractivity contribution in [1.82, 2.24) is 10.6 Å². The highest BCUT2D eigenvalue weighted by Crippen LogP contribution is 2.26. The Balaban J connectivity index is 0.00000208. The summed E-state index contributed by atoms with van der Waals surface area (Å²) in [5.74, 6) is 0.254. The highest BCUT2D eigenvalue weighted by molar-refractivity contribution is 6.34. The molecule has 0 bridgehead atoms. The highest BCUT2D eigenvalue weighted by Gasteiger charge is 2.21. The van der Waals surface area contributed by atoms with Crippen LogP contribution in [0.1, 0.15) is 27.5 Å². The summed E-state index contributed by atoms with van der Waals surface area (Å²) in [6, 6.07) is 13.6. The van der Waals surface area contributed by atoms with Crippen molar-refractivity contribution in [2.75, 3.05) is 20.2 Å². The summed E-state index contributed by atoms with van der Waals surface area (Å²) >= 11 is 6.15. The van der Waals surface area contributed by atoms with Crippen LogP contribution in [0.3, 0.4) is 0 Å². The molecule has 1 atom stereocenters. The number of rotatable bonds is 4. The van der Waals surface area contributed by atoms with Crippen molar-refractivity contribution in [2.45, 2.75) is 12.5 Å². The summed E-state index contributed by atoms with van der Waals surface area (Å²) in [5, 5.41) is 6.79. The van der Waals surface area contributed by atoms with Crippen LogP contribution in [0.4, 0.5) is 0 Å². The maximum absolute atomic E-state index is 12.5. The van der Waals surface area contributed by atoms with Crippen molar-refractivity contribution in [3.05, 3.63) is 64.2 Å². The molecule has 128 valence electrons. The summed E-state index contributed by atoms with van der Waals surface area (Å²) < 4.78 is 5.23. The Morgan fingerprint density at radius 2 is 2.08 bits per heavy atom. The third-order valence-electron chi connectivity index (χ3n) is 4.10. The molecule has 2 aromatic carbocycles. The van der Waals surface area contributed by atoms with Crippen LogP contribution < -0.4 is 15.4 Å². The van der Waals surface area contributed by atoms with Gasteiger partial charge in [-0.05, 0) is 36.2 Å². The lowest BCUT2D eigenvalue weighted by Gasteiger charge is -2.27. The molecule has 0 aromatic heterocycles. The topological polar surface area (TPSA) is 50.4 Å². The number of fused-ring (bicyclic) bond motifs is 1. The lowest BCUT2D eigenvalue weighted by Crippen LogP contribution is -2.39. The predicted octanol–water partition coefficient (Wildman–Crippen LogP) is 3.39. The second-order valence-corrected chi connectivity index (χ2v) is 5.89. The minimum Gasteiger partial charge on any atom is -0.496 e. The summed E-state index contributed by atoms with van der Waals surface area (Å²) in [6.45, 7) is 1.41. The number of hydrogen-bond acceptors (Lipinski definition) is 3. The van der Waals surface area contributed by atoms with Gasteiger partial charge in [0, 0.05) is 12.6 Å². The normalized spacial score (nSPS) is 15.8. The molecule has 0 saturated heterocycles. The van der Waals surface area contributed by atoms with Crippen molar-refractivity contribution in [1.29, 1.82) is 0 Å². The number of hydrogen-bond donors (Lipinski definition) is 2. The van der Waals surface area contributed by atoms with E-state index >= 15 is 0 Å². The molecule has 2 N–H and O–H groups in total. The smallest absolute Gasteiger partial charge is 0.256 e. The van der Waals surface area contributed by atoms with Crippen LogP contribution in [0.5, 0.6) is 5.75 Å². The van der Waals surface area contributed by atoms with Crippen molar-refractivity contribution < 1.29 is 9.53 Å². The first-order valence-electron chi connectivity index (χ1n) is 7.62. The number of amides is 1. The molecule has 2 aromatic rings. The van der Waals surface area contributed by atoms with Crippen LogP contribution in [0.25, 0.3) is 0 Å². The molecule has 4 nitrogen and oxygen atoms in total. The van der Waals surface area contributed by atoms with Crippen LogP contribution in [-0.2, 0) is 6.42 Å². The van der Waals surface area contributed by atoms with Gasteiger partial charge in [0.1, 0.15) is 5.75 Å². The lowest BCUT2D eigenvalue weighted by atomic mass is 9.94. The number of carbonyl (C=O) groups excluding carboxylic acids is 1. The van der Waals surface area contributed by atoms with Gasteiger partial charge in [-0.15, -0.1) is 12.4 Å². The third kappa shape index (κ3) is 3.83. The molecule has 1 aliphatic rings. The first kappa shape index (κ1) is 18.6. The lowest BCUT2D eigenvalue weighted by molar-refractivity contribution is 0.0946. The van der Waals surface area contributed by atoms with E-state index in [0.29, 0.717) is 22.9 Å². The molecular weight excluding hydrogens is 347 g/mol. The molecule has 0 fully saturated rings. The molecule has 1 heterocycles. The van der Waals surface area contributed by atoms with Gasteiger partial charge in [-0.25, -0.2) is 0 Å². The minimum atomic E-state index is -0.225. The van der Waals surface area contributed by atoms with Crippen molar-refractivity contribution in [2.24, 2.45) is 0 Å². The molecule has 3 rings (SSSR count). The van der Waals surface area contributed by atoms with Crippen molar-refractivity contribution >= 4 is 29.9 Å². The zero-order valence-electron chi connectivity index (χ0n) is 13.3. The average molecular weight is 367 g/mol. The molecule has 6 heteroatoms. The van der Waals surface area contributed by atoms with Crippen LogP contribution in [0.2, 0.25) is 5.02 Å². The largest absolute Gasteiger partial charge is 0.496 e. The quantitative estimate of drug-likeness (QED) is 0.871. The number of halogens is 2. The Kier molecular flexibility index (Phi) is 6.49. The fourth-order valence-corrected chi connectivity index (χ4v) is 3.20. The molecule has 0 radical (unpaired) electrons. The average Bonchev–Trinajstić information content (AvgIpc) is 2.59. The van der Waals surface area contributed by atoms with Gasteiger partial charge >= 0.3 is 0 Å². The Hall–Kier alpha value is -1.75. The molecule has 0 aliphatic carbocycles. The summed E-state index contributed by atoms with van der Waals surface area (Å²) in [7, 11) is 1.53. The Morgan fingerprint density at radius 3 is 2.88 bits per heavy atom. The van der Waals surface area contributed by atoms with Crippen LogP contribution >= 0.6 is 24.0 Å². The number of ether oxygens (including phenoxy) is 1. The van der Waals surface area contributed by atoms with E-state index < -0.39 is 0 Å². The van der Waals surface area contributed by atoms with Gasteiger partial charge in [0.05, 0.1) is 17.7 Å². The first-order valence-corrected chi connectivity index (χ1v) is 8.00. The van der Waals surface area contributed by atoms with Gasteiger partial charge in [0.15, 0.2) is 0 Å². The van der Waals surface area contributed by atoms with E-state index in [1.165, 1.54) is 18.2 Å². The number of benzene rings is 2. The fraction of sp³-hybridized carbons (Fsp3) is 0.278. The van der Waals surface area contributed by atoms with Gasteiger partial charge in [0.25, 0.3) is 5.91 Å². The molecule has 1 amide bonds. The van der Waals surface area contributed by atoms with Gasteiger partial charge < -0.3 is 15.4 Å². The van der Waals surface area contributed by atoms with Gasteiger partial charge in [0.2, 0.25) is 0 Å². The van der Waals surface area contributed by atoms with E-state index in [0.717, 1.165) is 13.0 Å². The zero-order valence-corrected chi connectivity index (χ0v) is 14.9. The second-order valence-electron chi connectivity index (χ2n) is 5.48. The predicted molar refractivity (Wildman–Crippen MR) is 98.5 cm³/mol. The second kappa shape index (κ2) is 8.38. The standard InChI is InChI=1S/C18H19ClN2O2.ClH/c1-23-16-8-4-7-14(19)17(16)18(22)21-11-15-13-6-3-2-5-12(13)9-10-20-15;/h2-8,15,20H,9-11H2,1H3,(H,21,22);1H. The third-order valence-corrected chi connectivity index (χ3v) is 4.42. The van der Waals surface area contributed by atoms with E-state index in [1.807, 2.05) is 6.07 Å². The maximum Gasteiger partial charge on any atom is 0.256 e. The van der Waals surface area contributed by atoms with E-state index in [4.69, 9.17) is 16.3 Å². The van der Waals surface area contributed by atoms with E-state index in [-0.39, 0.29) is 24.4 Å². The first-order chi connectivity index (χ1) is 11.2. The summed E-state index contributed by atoms with van der Waals surface area (Å²) in [6.07, 6.45) is 1.01. The monoisotopic (exact) mass is 366 g/mol. The molecule has 0 saturated carbocycles. The summed E-state index contributed by atoms with van der Waals surface area (Å²) in [4.78, 5) is 12.5. The number of nitrogens with one attached hydrogen (secondary N) is 2. The van der Waals surface area contributed by atoms with Gasteiger partial charge in [-0.1, -0.05) is 41.9 Å². The minimum absolute atomic E-state index is 0.